The Labute approximate surface area is 151 Å². The molecular weight excluding hydrogens is 371 g/mol. The number of nitrogens with zero attached hydrogens (tertiary/aromatic N) is 3. The van der Waals surface area contributed by atoms with Gasteiger partial charge in [-0.15, -0.1) is 11.3 Å². The van der Waals surface area contributed by atoms with E-state index in [-0.39, 0.29) is 5.92 Å². The van der Waals surface area contributed by atoms with Gasteiger partial charge < -0.3 is 10.0 Å². The smallest absolute Gasteiger partial charge is 0.394 e. The minimum atomic E-state index is -4.66. The zero-order valence-electron chi connectivity index (χ0n) is 14.4. The number of hydrogen-bond donors (Lipinski definition) is 1. The minimum Gasteiger partial charge on any atom is -0.481 e. The second-order valence-electron chi connectivity index (χ2n) is 6.80. The van der Waals surface area contributed by atoms with Gasteiger partial charge in [0.05, 0.1) is 22.4 Å². The Morgan fingerprint density at radius 1 is 1.35 bits per heavy atom. The van der Waals surface area contributed by atoms with Gasteiger partial charge in [-0.25, -0.2) is 0 Å². The number of aromatic nitrogens is 2. The molecule has 1 saturated heterocycles. The van der Waals surface area contributed by atoms with Gasteiger partial charge >= 0.3 is 12.1 Å². The number of aliphatic carboxylic acids is 1. The van der Waals surface area contributed by atoms with Gasteiger partial charge in [-0.1, -0.05) is 13.8 Å². The Balaban J connectivity index is 1.91. The molecule has 0 saturated carbocycles. The highest BCUT2D eigenvalue weighted by Gasteiger charge is 2.53. The Kier molecular flexibility index (Phi) is 4.50. The molecule has 1 amide bonds. The highest BCUT2D eigenvalue weighted by Crippen LogP contribution is 2.39. The summed E-state index contributed by atoms with van der Waals surface area (Å²) in [6.07, 6.45) is -4.66. The first kappa shape index (κ1) is 18.7. The van der Waals surface area contributed by atoms with Crippen molar-refractivity contribution in [3.05, 3.63) is 16.6 Å². The molecule has 1 N–H and O–H groups in total. The number of alkyl halides is 3. The molecule has 1 aliphatic heterocycles. The fourth-order valence-electron chi connectivity index (χ4n) is 3.31. The minimum absolute atomic E-state index is 0.133. The molecule has 0 bridgehead atoms. The first-order chi connectivity index (χ1) is 12.0. The molecule has 142 valence electrons. The van der Waals surface area contributed by atoms with Crippen molar-refractivity contribution >= 4 is 33.4 Å². The molecule has 0 unspecified atom stereocenters. The molecule has 1 aliphatic rings. The quantitative estimate of drug-likeness (QED) is 0.875. The molecule has 2 aromatic rings. The SMILES string of the molecule is CC(C)c1nn(C)c2sc(C(=O)N3C[C@@H](C(F)(F)F)[C@H](C(=O)O)C3)cc12. The van der Waals surface area contributed by atoms with Crippen LogP contribution in [0.25, 0.3) is 10.2 Å². The highest BCUT2D eigenvalue weighted by atomic mass is 32.1. The lowest BCUT2D eigenvalue weighted by Gasteiger charge is -2.18. The van der Waals surface area contributed by atoms with Crippen LogP contribution in [0.1, 0.15) is 35.1 Å². The fraction of sp³-hybridized carbons (Fsp3) is 0.562. The third-order valence-corrected chi connectivity index (χ3v) is 5.83. The average molecular weight is 389 g/mol. The molecule has 0 spiro atoms. The van der Waals surface area contributed by atoms with Gasteiger partial charge in [0.2, 0.25) is 0 Å². The van der Waals surface area contributed by atoms with Crippen LogP contribution in [0.3, 0.4) is 0 Å². The first-order valence-electron chi connectivity index (χ1n) is 8.06. The van der Waals surface area contributed by atoms with E-state index < -0.39 is 43.0 Å². The zero-order valence-corrected chi connectivity index (χ0v) is 15.2. The van der Waals surface area contributed by atoms with Crippen LogP contribution in [0.15, 0.2) is 6.07 Å². The van der Waals surface area contributed by atoms with Crippen LogP contribution < -0.4 is 0 Å². The zero-order chi connectivity index (χ0) is 19.4. The average Bonchev–Trinajstić information content (AvgIpc) is 3.20. The van der Waals surface area contributed by atoms with Crippen LogP contribution in [-0.2, 0) is 11.8 Å². The van der Waals surface area contributed by atoms with Crippen LogP contribution >= 0.6 is 11.3 Å². The number of likely N-dealkylation sites (tertiary alicyclic amines) is 1. The molecule has 0 radical (unpaired) electrons. The van der Waals surface area contributed by atoms with Crippen LogP contribution in [0, 0.1) is 11.8 Å². The van der Waals surface area contributed by atoms with Crippen LogP contribution in [0.2, 0.25) is 0 Å². The molecule has 26 heavy (non-hydrogen) atoms. The molecule has 6 nitrogen and oxygen atoms in total. The van der Waals surface area contributed by atoms with Crippen LogP contribution in [0.5, 0.6) is 0 Å². The van der Waals surface area contributed by atoms with E-state index in [2.05, 4.69) is 5.10 Å². The summed E-state index contributed by atoms with van der Waals surface area (Å²) in [4.78, 5) is 25.9. The van der Waals surface area contributed by atoms with E-state index in [0.717, 1.165) is 32.1 Å². The number of hydrogen-bond acceptors (Lipinski definition) is 4. The molecule has 2 atom stereocenters. The van der Waals surface area contributed by atoms with E-state index in [1.807, 2.05) is 13.8 Å². The van der Waals surface area contributed by atoms with Gasteiger partial charge in [0.1, 0.15) is 4.83 Å². The molecule has 0 aromatic carbocycles. The summed E-state index contributed by atoms with van der Waals surface area (Å²) in [6, 6.07) is 1.64. The number of carbonyl (C=O) groups is 2. The van der Waals surface area contributed by atoms with E-state index in [1.165, 1.54) is 0 Å². The van der Waals surface area contributed by atoms with Gasteiger partial charge in [-0.3, -0.25) is 14.3 Å². The summed E-state index contributed by atoms with van der Waals surface area (Å²) in [5.74, 6) is -5.66. The molecule has 1 fully saturated rings. The van der Waals surface area contributed by atoms with Gasteiger partial charge in [-0.05, 0) is 12.0 Å². The summed E-state index contributed by atoms with van der Waals surface area (Å²) in [5, 5.41) is 14.3. The van der Waals surface area contributed by atoms with Gasteiger partial charge in [0.15, 0.2) is 0 Å². The van der Waals surface area contributed by atoms with Crippen molar-refractivity contribution in [3.8, 4) is 0 Å². The monoisotopic (exact) mass is 389 g/mol. The van der Waals surface area contributed by atoms with E-state index in [1.54, 1.807) is 17.8 Å². The number of aryl methyl sites for hydroxylation is 1. The van der Waals surface area contributed by atoms with Gasteiger partial charge in [0.25, 0.3) is 5.91 Å². The molecule has 3 heterocycles. The number of carboxylic acid groups (broad SMARTS) is 1. The lowest BCUT2D eigenvalue weighted by Crippen LogP contribution is -2.34. The van der Waals surface area contributed by atoms with Gasteiger partial charge in [0, 0.05) is 25.5 Å². The molecule has 3 rings (SSSR count). The highest BCUT2D eigenvalue weighted by molar-refractivity contribution is 7.20. The predicted octanol–water partition coefficient (Wildman–Crippen LogP) is 3.09. The van der Waals surface area contributed by atoms with Crippen molar-refractivity contribution < 1.29 is 27.9 Å². The summed E-state index contributed by atoms with van der Waals surface area (Å²) < 4.78 is 41.0. The second kappa shape index (κ2) is 6.26. The maximum absolute atomic E-state index is 13.1. The third kappa shape index (κ3) is 3.06. The number of halogens is 3. The predicted molar refractivity (Wildman–Crippen MR) is 89.3 cm³/mol. The number of carbonyl (C=O) groups excluding carboxylic acids is 1. The Hall–Kier alpha value is -2.10. The Morgan fingerprint density at radius 2 is 2.00 bits per heavy atom. The molecular formula is C16H18F3N3O3S. The van der Waals surface area contributed by atoms with Crippen molar-refractivity contribution in [2.45, 2.75) is 25.9 Å². The number of thiophene rings is 1. The molecule has 10 heteroatoms. The van der Waals surface area contributed by atoms with E-state index in [0.29, 0.717) is 4.88 Å². The fourth-order valence-corrected chi connectivity index (χ4v) is 4.35. The lowest BCUT2D eigenvalue weighted by atomic mass is 9.96. The number of rotatable bonds is 3. The maximum Gasteiger partial charge on any atom is 0.394 e. The van der Waals surface area contributed by atoms with Crippen molar-refractivity contribution in [1.82, 2.24) is 14.7 Å². The second-order valence-corrected chi connectivity index (χ2v) is 7.83. The van der Waals surface area contributed by atoms with Crippen molar-refractivity contribution in [3.63, 3.8) is 0 Å². The molecule has 2 aromatic heterocycles. The van der Waals surface area contributed by atoms with E-state index in [9.17, 15) is 22.8 Å². The van der Waals surface area contributed by atoms with Crippen LogP contribution in [-0.4, -0.2) is 50.9 Å². The van der Waals surface area contributed by atoms with Crippen molar-refractivity contribution in [1.29, 1.82) is 0 Å². The first-order valence-corrected chi connectivity index (χ1v) is 8.87. The number of carboxylic acids is 1. The Morgan fingerprint density at radius 3 is 2.50 bits per heavy atom. The Bertz CT molecular complexity index is 871. The van der Waals surface area contributed by atoms with E-state index in [4.69, 9.17) is 5.11 Å². The lowest BCUT2D eigenvalue weighted by molar-refractivity contribution is -0.187. The normalized spacial score (nSPS) is 21.1. The van der Waals surface area contributed by atoms with Gasteiger partial charge in [-0.2, -0.15) is 18.3 Å². The standard InChI is InChI=1S/C16H18F3N3O3S/c1-7(2)12-8-4-11(26-14(8)21(3)20-12)13(23)22-5-9(15(24)25)10(6-22)16(17,18)19/h4,7,9-10H,5-6H2,1-3H3,(H,24,25)/t9-,10-/m1/s1. The number of amides is 1. The van der Waals surface area contributed by atoms with E-state index >= 15 is 0 Å². The topological polar surface area (TPSA) is 75.4 Å². The summed E-state index contributed by atoms with van der Waals surface area (Å²) >= 11 is 1.16. The maximum atomic E-state index is 13.1. The summed E-state index contributed by atoms with van der Waals surface area (Å²) in [5.41, 5.74) is 0.816. The van der Waals surface area contributed by atoms with Crippen LogP contribution in [0.4, 0.5) is 13.2 Å². The largest absolute Gasteiger partial charge is 0.481 e. The van der Waals surface area contributed by atoms with Crippen molar-refractivity contribution in [2.24, 2.45) is 18.9 Å². The van der Waals surface area contributed by atoms with Crippen molar-refractivity contribution in [2.75, 3.05) is 13.1 Å². The third-order valence-electron chi connectivity index (χ3n) is 4.64. The number of fused-ring (bicyclic) bond motifs is 1. The summed E-state index contributed by atoms with van der Waals surface area (Å²) in [6.45, 7) is 2.85. The molecule has 0 aliphatic carbocycles. The summed E-state index contributed by atoms with van der Waals surface area (Å²) in [7, 11) is 1.75.